The maximum absolute atomic E-state index is 5.60. The van der Waals surface area contributed by atoms with Gasteiger partial charge in [-0.3, -0.25) is 0 Å². The van der Waals surface area contributed by atoms with Crippen LogP contribution >= 0.6 is 11.6 Å². The molecule has 0 atom stereocenters. The van der Waals surface area contributed by atoms with E-state index in [4.69, 9.17) is 36.3 Å². The van der Waals surface area contributed by atoms with Crippen molar-refractivity contribution in [1.29, 1.82) is 0 Å². The zero-order valence-corrected chi connectivity index (χ0v) is 12.1. The lowest BCUT2D eigenvalue weighted by Crippen LogP contribution is -2.12. The SMILES string of the molecule is COCCOCCOCCOCc1nnc(Cl)c(N)n1. The van der Waals surface area contributed by atoms with Gasteiger partial charge in [0, 0.05) is 7.11 Å². The van der Waals surface area contributed by atoms with Crippen molar-refractivity contribution in [3.8, 4) is 0 Å². The summed E-state index contributed by atoms with van der Waals surface area (Å²) in [6.45, 7) is 3.29. The highest BCUT2D eigenvalue weighted by Gasteiger charge is 2.03. The number of nitrogens with zero attached hydrogens (tertiary/aromatic N) is 3. The van der Waals surface area contributed by atoms with E-state index in [0.29, 0.717) is 45.5 Å². The molecule has 0 saturated heterocycles. The standard InChI is InChI=1S/C11H19ClN4O4/c1-17-2-3-18-4-5-19-6-7-20-8-9-14-11(13)10(12)16-15-9/h2-8H2,1H3,(H2,13,14,15). The maximum atomic E-state index is 5.60. The Hall–Kier alpha value is -1.06. The van der Waals surface area contributed by atoms with Crippen LogP contribution in [0, 0.1) is 0 Å². The normalized spacial score (nSPS) is 10.9. The molecule has 0 unspecified atom stereocenters. The van der Waals surface area contributed by atoms with Gasteiger partial charge in [0.2, 0.25) is 0 Å². The van der Waals surface area contributed by atoms with Crippen molar-refractivity contribution < 1.29 is 18.9 Å². The first-order valence-electron chi connectivity index (χ1n) is 6.10. The monoisotopic (exact) mass is 306 g/mol. The quantitative estimate of drug-likeness (QED) is 0.583. The van der Waals surface area contributed by atoms with E-state index in [0.717, 1.165) is 0 Å². The molecule has 20 heavy (non-hydrogen) atoms. The minimum absolute atomic E-state index is 0.0885. The number of nitrogens with two attached hydrogens (primary N) is 1. The van der Waals surface area contributed by atoms with Crippen molar-refractivity contribution in [2.45, 2.75) is 6.61 Å². The van der Waals surface area contributed by atoms with E-state index in [1.54, 1.807) is 7.11 Å². The van der Waals surface area contributed by atoms with E-state index in [1.165, 1.54) is 0 Å². The van der Waals surface area contributed by atoms with Gasteiger partial charge in [-0.2, -0.15) is 0 Å². The summed E-state index contributed by atoms with van der Waals surface area (Å²) in [6, 6.07) is 0. The van der Waals surface area contributed by atoms with Crippen LogP contribution in [0.25, 0.3) is 0 Å². The summed E-state index contributed by atoms with van der Waals surface area (Å²) >= 11 is 5.60. The average molecular weight is 307 g/mol. The minimum Gasteiger partial charge on any atom is -0.382 e. The third-order valence-electron chi connectivity index (χ3n) is 2.12. The zero-order valence-electron chi connectivity index (χ0n) is 11.4. The molecule has 1 rings (SSSR count). The lowest BCUT2D eigenvalue weighted by molar-refractivity contribution is -0.0000632. The predicted molar refractivity (Wildman–Crippen MR) is 72.4 cm³/mol. The van der Waals surface area contributed by atoms with Crippen molar-refractivity contribution in [2.75, 3.05) is 52.5 Å². The molecule has 0 aromatic carbocycles. The lowest BCUT2D eigenvalue weighted by atomic mass is 10.6. The number of methoxy groups -OCH3 is 1. The van der Waals surface area contributed by atoms with Crippen LogP contribution in [-0.4, -0.2) is 61.9 Å². The first-order valence-corrected chi connectivity index (χ1v) is 6.48. The van der Waals surface area contributed by atoms with Gasteiger partial charge in [0.05, 0.1) is 39.6 Å². The van der Waals surface area contributed by atoms with Gasteiger partial charge in [-0.15, -0.1) is 10.2 Å². The van der Waals surface area contributed by atoms with Crippen LogP contribution in [0.15, 0.2) is 0 Å². The molecule has 1 heterocycles. The second-order valence-electron chi connectivity index (χ2n) is 3.67. The Labute approximate surface area is 122 Å². The molecule has 0 radical (unpaired) electrons. The minimum atomic E-state index is 0.0885. The molecule has 1 aromatic rings. The Morgan fingerprint density at radius 3 is 2.15 bits per heavy atom. The van der Waals surface area contributed by atoms with Crippen LogP contribution < -0.4 is 5.73 Å². The van der Waals surface area contributed by atoms with Crippen LogP contribution in [0.5, 0.6) is 0 Å². The summed E-state index contributed by atoms with van der Waals surface area (Å²) in [6.07, 6.45) is 0. The topological polar surface area (TPSA) is 102 Å². The number of hydrogen-bond donors (Lipinski definition) is 1. The van der Waals surface area contributed by atoms with Crippen molar-refractivity contribution in [1.82, 2.24) is 15.2 Å². The van der Waals surface area contributed by atoms with Gasteiger partial charge in [-0.25, -0.2) is 4.98 Å². The van der Waals surface area contributed by atoms with E-state index in [2.05, 4.69) is 15.2 Å². The fourth-order valence-electron chi connectivity index (χ4n) is 1.17. The molecule has 0 aliphatic heterocycles. The molecule has 0 saturated carbocycles. The Morgan fingerprint density at radius 2 is 1.55 bits per heavy atom. The van der Waals surface area contributed by atoms with Crippen molar-refractivity contribution in [3.63, 3.8) is 0 Å². The zero-order chi connectivity index (χ0) is 14.6. The number of anilines is 1. The van der Waals surface area contributed by atoms with Gasteiger partial charge in [-0.05, 0) is 0 Å². The maximum Gasteiger partial charge on any atom is 0.193 e. The Bertz CT molecular complexity index is 383. The summed E-state index contributed by atoms with van der Waals surface area (Å²) in [5.74, 6) is 0.527. The van der Waals surface area contributed by atoms with Crippen molar-refractivity contribution in [2.24, 2.45) is 0 Å². The van der Waals surface area contributed by atoms with E-state index >= 15 is 0 Å². The van der Waals surface area contributed by atoms with E-state index in [1.807, 2.05) is 0 Å². The molecule has 0 aliphatic carbocycles. The molecule has 8 nitrogen and oxygen atoms in total. The largest absolute Gasteiger partial charge is 0.382 e. The third-order valence-corrected chi connectivity index (χ3v) is 2.39. The highest BCUT2D eigenvalue weighted by atomic mass is 35.5. The average Bonchev–Trinajstić information content (AvgIpc) is 2.45. The summed E-state index contributed by atoms with van der Waals surface area (Å²) in [5.41, 5.74) is 5.49. The smallest absolute Gasteiger partial charge is 0.193 e. The highest BCUT2D eigenvalue weighted by Crippen LogP contribution is 2.09. The van der Waals surface area contributed by atoms with Gasteiger partial charge >= 0.3 is 0 Å². The number of nitrogen functional groups attached to an aromatic ring is 1. The Morgan fingerprint density at radius 1 is 0.950 bits per heavy atom. The van der Waals surface area contributed by atoms with E-state index in [-0.39, 0.29) is 17.6 Å². The molecule has 1 aromatic heterocycles. The van der Waals surface area contributed by atoms with Gasteiger partial charge in [-0.1, -0.05) is 11.6 Å². The molecule has 2 N–H and O–H groups in total. The molecule has 114 valence electrons. The van der Waals surface area contributed by atoms with Crippen molar-refractivity contribution >= 4 is 17.4 Å². The molecule has 0 aliphatic rings. The molecular weight excluding hydrogens is 288 g/mol. The number of ether oxygens (including phenoxy) is 4. The predicted octanol–water partition coefficient (Wildman–Crippen LogP) is 0.303. The van der Waals surface area contributed by atoms with Gasteiger partial charge in [0.25, 0.3) is 0 Å². The highest BCUT2D eigenvalue weighted by molar-refractivity contribution is 6.31. The lowest BCUT2D eigenvalue weighted by Gasteiger charge is -2.06. The molecule has 0 amide bonds. The van der Waals surface area contributed by atoms with Gasteiger partial charge in [0.15, 0.2) is 16.8 Å². The van der Waals surface area contributed by atoms with E-state index in [9.17, 15) is 0 Å². The number of aromatic nitrogens is 3. The first kappa shape index (κ1) is 17.0. The molecule has 0 fully saturated rings. The summed E-state index contributed by atoms with van der Waals surface area (Å²) in [5, 5.41) is 7.47. The second kappa shape index (κ2) is 10.7. The summed E-state index contributed by atoms with van der Waals surface area (Å²) in [4.78, 5) is 3.92. The fraction of sp³-hybridized carbons (Fsp3) is 0.727. The fourth-order valence-corrected chi connectivity index (χ4v) is 1.25. The third kappa shape index (κ3) is 7.51. The van der Waals surface area contributed by atoms with Crippen LogP contribution in [0.4, 0.5) is 5.82 Å². The van der Waals surface area contributed by atoms with E-state index < -0.39 is 0 Å². The molecule has 9 heteroatoms. The molecule has 0 bridgehead atoms. The van der Waals surface area contributed by atoms with Crippen LogP contribution in [0.3, 0.4) is 0 Å². The number of rotatable bonds is 11. The Balaban J connectivity index is 1.95. The summed E-state index contributed by atoms with van der Waals surface area (Å²) < 4.78 is 20.7. The number of halogens is 1. The molecular formula is C11H19ClN4O4. The first-order chi connectivity index (χ1) is 9.74. The van der Waals surface area contributed by atoms with Crippen LogP contribution in [0.2, 0.25) is 5.15 Å². The number of hydrogen-bond acceptors (Lipinski definition) is 8. The molecule has 0 spiro atoms. The summed E-state index contributed by atoms with van der Waals surface area (Å²) in [7, 11) is 1.63. The van der Waals surface area contributed by atoms with Crippen LogP contribution in [0.1, 0.15) is 5.82 Å². The van der Waals surface area contributed by atoms with Crippen LogP contribution in [-0.2, 0) is 25.6 Å². The van der Waals surface area contributed by atoms with Crippen molar-refractivity contribution in [3.05, 3.63) is 11.0 Å². The van der Waals surface area contributed by atoms with Gasteiger partial charge in [0.1, 0.15) is 6.61 Å². The van der Waals surface area contributed by atoms with Gasteiger partial charge < -0.3 is 24.7 Å². The second-order valence-corrected chi connectivity index (χ2v) is 4.03. The Kier molecular flexibility index (Phi) is 9.09.